The van der Waals surface area contributed by atoms with E-state index in [4.69, 9.17) is 0 Å². The van der Waals surface area contributed by atoms with Gasteiger partial charge in [-0.25, -0.2) is 0 Å². The van der Waals surface area contributed by atoms with Crippen LogP contribution in [0.3, 0.4) is 0 Å². The smallest absolute Gasteiger partial charge is 0.121 e. The zero-order valence-corrected chi connectivity index (χ0v) is 11.6. The van der Waals surface area contributed by atoms with Crippen LogP contribution in [-0.4, -0.2) is 16.3 Å². The van der Waals surface area contributed by atoms with Crippen LogP contribution < -0.4 is 0 Å². The first-order chi connectivity index (χ1) is 8.88. The lowest BCUT2D eigenvalue weighted by molar-refractivity contribution is 0.248. The third kappa shape index (κ3) is 3.15. The van der Waals surface area contributed by atoms with Crippen LogP contribution in [0, 0.1) is 0 Å². The fourth-order valence-electron chi connectivity index (χ4n) is 2.02. The number of benzene rings is 1. The standard InChI is InChI=1S/C17H20O2/c1-17(2,3)13-9-7-12(8-10-13)11-14-15(18)5-4-6-16(14)19/h4-11,15,18-19H,1-3H3. The van der Waals surface area contributed by atoms with E-state index >= 15 is 0 Å². The summed E-state index contributed by atoms with van der Waals surface area (Å²) in [4.78, 5) is 0. The van der Waals surface area contributed by atoms with Crippen molar-refractivity contribution in [3.05, 3.63) is 65.0 Å². The number of allylic oxidation sites excluding steroid dienone is 2. The van der Waals surface area contributed by atoms with Crippen LogP contribution in [0.25, 0.3) is 6.08 Å². The zero-order chi connectivity index (χ0) is 14.0. The van der Waals surface area contributed by atoms with Crippen LogP contribution >= 0.6 is 0 Å². The summed E-state index contributed by atoms with van der Waals surface area (Å²) in [5.41, 5.74) is 2.89. The average molecular weight is 256 g/mol. The van der Waals surface area contributed by atoms with E-state index in [0.29, 0.717) is 5.57 Å². The van der Waals surface area contributed by atoms with E-state index in [2.05, 4.69) is 32.9 Å². The quantitative estimate of drug-likeness (QED) is 0.803. The van der Waals surface area contributed by atoms with E-state index in [9.17, 15) is 10.2 Å². The Morgan fingerprint density at radius 2 is 1.74 bits per heavy atom. The van der Waals surface area contributed by atoms with Gasteiger partial charge in [-0.05, 0) is 28.7 Å². The number of hydrogen-bond donors (Lipinski definition) is 2. The Kier molecular flexibility index (Phi) is 3.63. The largest absolute Gasteiger partial charge is 0.508 e. The monoisotopic (exact) mass is 256 g/mol. The summed E-state index contributed by atoms with van der Waals surface area (Å²) >= 11 is 0. The minimum atomic E-state index is -0.743. The second kappa shape index (κ2) is 5.06. The lowest BCUT2D eigenvalue weighted by Crippen LogP contribution is -2.12. The van der Waals surface area contributed by atoms with Gasteiger partial charge in [-0.15, -0.1) is 0 Å². The zero-order valence-electron chi connectivity index (χ0n) is 11.6. The van der Waals surface area contributed by atoms with Gasteiger partial charge in [0.25, 0.3) is 0 Å². The highest BCUT2D eigenvalue weighted by molar-refractivity contribution is 5.61. The summed E-state index contributed by atoms with van der Waals surface area (Å²) < 4.78 is 0. The predicted molar refractivity (Wildman–Crippen MR) is 79.0 cm³/mol. The summed E-state index contributed by atoms with van der Waals surface area (Å²) in [5.74, 6) is 0.120. The van der Waals surface area contributed by atoms with Gasteiger partial charge >= 0.3 is 0 Å². The molecule has 2 heteroatoms. The Bertz CT molecular complexity index is 540. The maximum Gasteiger partial charge on any atom is 0.121 e. The van der Waals surface area contributed by atoms with E-state index < -0.39 is 6.10 Å². The summed E-state index contributed by atoms with van der Waals surface area (Å²) in [5, 5.41) is 19.6. The molecule has 0 spiro atoms. The van der Waals surface area contributed by atoms with E-state index in [1.807, 2.05) is 18.2 Å². The molecule has 1 atom stereocenters. The third-order valence-electron chi connectivity index (χ3n) is 3.26. The fraction of sp³-hybridized carbons (Fsp3) is 0.294. The van der Waals surface area contributed by atoms with Gasteiger partial charge in [-0.2, -0.15) is 0 Å². The molecule has 0 fully saturated rings. The molecule has 0 heterocycles. The van der Waals surface area contributed by atoms with E-state index in [0.717, 1.165) is 5.56 Å². The lowest BCUT2D eigenvalue weighted by Gasteiger charge is -2.19. The maximum absolute atomic E-state index is 9.83. The first-order valence-corrected chi connectivity index (χ1v) is 6.46. The molecule has 1 aromatic rings. The third-order valence-corrected chi connectivity index (χ3v) is 3.26. The van der Waals surface area contributed by atoms with Gasteiger partial charge < -0.3 is 10.2 Å². The summed E-state index contributed by atoms with van der Waals surface area (Å²) in [6.07, 6.45) is 5.95. The van der Waals surface area contributed by atoms with Gasteiger partial charge in [0, 0.05) is 5.57 Å². The topological polar surface area (TPSA) is 40.5 Å². The minimum Gasteiger partial charge on any atom is -0.508 e. The highest BCUT2D eigenvalue weighted by atomic mass is 16.3. The summed E-state index contributed by atoms with van der Waals surface area (Å²) in [7, 11) is 0. The van der Waals surface area contributed by atoms with Crippen LogP contribution in [0.5, 0.6) is 0 Å². The minimum absolute atomic E-state index is 0.120. The number of hydrogen-bond acceptors (Lipinski definition) is 2. The molecule has 0 saturated heterocycles. The second-order valence-corrected chi connectivity index (χ2v) is 5.85. The van der Waals surface area contributed by atoms with E-state index in [1.54, 1.807) is 18.2 Å². The van der Waals surface area contributed by atoms with Crippen LogP contribution in [-0.2, 0) is 5.41 Å². The van der Waals surface area contributed by atoms with Crippen LogP contribution in [0.1, 0.15) is 31.9 Å². The molecule has 1 aromatic carbocycles. The Hall–Kier alpha value is -1.80. The van der Waals surface area contributed by atoms with Gasteiger partial charge in [-0.3, -0.25) is 0 Å². The predicted octanol–water partition coefficient (Wildman–Crippen LogP) is 3.74. The molecule has 2 nitrogen and oxygen atoms in total. The normalized spacial score (nSPS) is 21.6. The maximum atomic E-state index is 9.83. The average Bonchev–Trinajstić information content (AvgIpc) is 2.33. The first kappa shape index (κ1) is 13.6. The molecule has 0 radical (unpaired) electrons. The fourth-order valence-corrected chi connectivity index (χ4v) is 2.02. The van der Waals surface area contributed by atoms with Gasteiger partial charge in [0.05, 0.1) is 0 Å². The molecule has 2 rings (SSSR count). The first-order valence-electron chi connectivity index (χ1n) is 6.46. The highest BCUT2D eigenvalue weighted by Crippen LogP contribution is 2.25. The Balaban J connectivity index is 2.29. The van der Waals surface area contributed by atoms with Gasteiger partial charge in [0.1, 0.15) is 11.9 Å². The van der Waals surface area contributed by atoms with Crippen molar-refractivity contribution in [1.29, 1.82) is 0 Å². The van der Waals surface area contributed by atoms with Crippen molar-refractivity contribution in [2.24, 2.45) is 0 Å². The van der Waals surface area contributed by atoms with Crippen LogP contribution in [0.15, 0.2) is 53.8 Å². The Morgan fingerprint density at radius 3 is 2.26 bits per heavy atom. The van der Waals surface area contributed by atoms with Crippen molar-refractivity contribution in [2.75, 3.05) is 0 Å². The van der Waals surface area contributed by atoms with Crippen molar-refractivity contribution in [1.82, 2.24) is 0 Å². The molecule has 1 aliphatic carbocycles. The van der Waals surface area contributed by atoms with E-state index in [-0.39, 0.29) is 11.2 Å². The summed E-state index contributed by atoms with van der Waals surface area (Å²) in [6.45, 7) is 6.51. The second-order valence-electron chi connectivity index (χ2n) is 5.85. The molecular weight excluding hydrogens is 236 g/mol. The van der Waals surface area contributed by atoms with E-state index in [1.165, 1.54) is 5.56 Å². The molecule has 1 unspecified atom stereocenters. The highest BCUT2D eigenvalue weighted by Gasteiger charge is 2.15. The summed E-state index contributed by atoms with van der Waals surface area (Å²) in [6, 6.07) is 8.17. The molecule has 0 aromatic heterocycles. The molecule has 2 N–H and O–H groups in total. The molecule has 0 amide bonds. The van der Waals surface area contributed by atoms with Crippen LogP contribution in [0.2, 0.25) is 0 Å². The lowest BCUT2D eigenvalue weighted by atomic mass is 9.86. The number of rotatable bonds is 1. The number of aliphatic hydroxyl groups excluding tert-OH is 2. The Labute approximate surface area is 114 Å². The Morgan fingerprint density at radius 1 is 1.11 bits per heavy atom. The SMILES string of the molecule is CC(C)(C)c1ccc(C=C2C(O)=CC=CC2O)cc1. The molecular formula is C17H20O2. The van der Waals surface area contributed by atoms with Gasteiger partial charge in [0.15, 0.2) is 0 Å². The molecule has 0 bridgehead atoms. The van der Waals surface area contributed by atoms with Crippen molar-refractivity contribution < 1.29 is 10.2 Å². The van der Waals surface area contributed by atoms with Crippen molar-refractivity contribution >= 4 is 6.08 Å². The van der Waals surface area contributed by atoms with Gasteiger partial charge in [0.2, 0.25) is 0 Å². The van der Waals surface area contributed by atoms with Crippen molar-refractivity contribution in [2.45, 2.75) is 32.3 Å². The molecule has 1 aliphatic rings. The molecule has 0 aliphatic heterocycles. The molecule has 100 valence electrons. The molecule has 19 heavy (non-hydrogen) atoms. The van der Waals surface area contributed by atoms with Crippen LogP contribution in [0.4, 0.5) is 0 Å². The number of aliphatic hydroxyl groups is 2. The van der Waals surface area contributed by atoms with Crippen molar-refractivity contribution in [3.63, 3.8) is 0 Å². The van der Waals surface area contributed by atoms with Gasteiger partial charge in [-0.1, -0.05) is 57.2 Å². The van der Waals surface area contributed by atoms with Crippen molar-refractivity contribution in [3.8, 4) is 0 Å². The molecule has 0 saturated carbocycles.